The fraction of sp³-hybridized carbons (Fsp3) is 0.400. The number of benzene rings is 2. The maximum Gasteiger partial charge on any atom is 0.119 e. The number of methoxy groups -OCH3 is 1. The van der Waals surface area contributed by atoms with Gasteiger partial charge >= 0.3 is 0 Å². The molecule has 3 nitrogen and oxygen atoms in total. The van der Waals surface area contributed by atoms with Gasteiger partial charge in [0.25, 0.3) is 0 Å². The summed E-state index contributed by atoms with van der Waals surface area (Å²) >= 11 is 1.90. The lowest BCUT2D eigenvalue weighted by molar-refractivity contribution is 0.120. The second-order valence-corrected chi connectivity index (χ2v) is 7.31. The number of nitrogens with zero attached hydrogens (tertiary/aromatic N) is 1. The molecule has 0 saturated heterocycles. The van der Waals surface area contributed by atoms with Crippen molar-refractivity contribution in [3.05, 3.63) is 59.7 Å². The first-order chi connectivity index (χ1) is 11.8. The van der Waals surface area contributed by atoms with E-state index in [1.807, 2.05) is 23.9 Å². The lowest BCUT2D eigenvalue weighted by atomic mass is 10.0. The lowest BCUT2D eigenvalue weighted by Crippen LogP contribution is -2.29. The zero-order valence-corrected chi connectivity index (χ0v) is 15.0. The van der Waals surface area contributed by atoms with Crippen molar-refractivity contribution in [2.75, 3.05) is 32.5 Å². The summed E-state index contributed by atoms with van der Waals surface area (Å²) in [5, 5.41) is 10.5. The molecule has 0 spiro atoms. The van der Waals surface area contributed by atoms with Crippen molar-refractivity contribution in [1.29, 1.82) is 0 Å². The lowest BCUT2D eigenvalue weighted by Gasteiger charge is -2.21. The van der Waals surface area contributed by atoms with Crippen molar-refractivity contribution in [1.82, 2.24) is 4.90 Å². The third-order valence-corrected chi connectivity index (χ3v) is 5.57. The number of β-amino-alcohol motifs (C(OH)–C–C–N with tert-alkyl or cyclic N) is 1. The Bertz CT molecular complexity index is 647. The SMILES string of the molecule is COc1ccc2c(c1)CCN(CCCSc1ccccc1)CC2O. The van der Waals surface area contributed by atoms with E-state index in [9.17, 15) is 5.11 Å². The summed E-state index contributed by atoms with van der Waals surface area (Å²) in [5.41, 5.74) is 2.26. The molecule has 0 aliphatic carbocycles. The van der Waals surface area contributed by atoms with Gasteiger partial charge < -0.3 is 14.7 Å². The van der Waals surface area contributed by atoms with Gasteiger partial charge in [-0.25, -0.2) is 0 Å². The van der Waals surface area contributed by atoms with E-state index in [1.54, 1.807) is 7.11 Å². The van der Waals surface area contributed by atoms with E-state index in [2.05, 4.69) is 41.3 Å². The Hall–Kier alpha value is -1.49. The molecule has 24 heavy (non-hydrogen) atoms. The van der Waals surface area contributed by atoms with Crippen LogP contribution < -0.4 is 4.74 Å². The van der Waals surface area contributed by atoms with Crippen LogP contribution in [0, 0.1) is 0 Å². The molecule has 0 bridgehead atoms. The monoisotopic (exact) mass is 343 g/mol. The molecule has 1 atom stereocenters. The molecule has 1 aliphatic rings. The molecule has 0 amide bonds. The Balaban J connectivity index is 1.50. The molecule has 128 valence electrons. The Labute approximate surface area is 148 Å². The van der Waals surface area contributed by atoms with Crippen LogP contribution in [0.15, 0.2) is 53.4 Å². The smallest absolute Gasteiger partial charge is 0.119 e. The molecule has 1 heterocycles. The third-order valence-electron chi connectivity index (χ3n) is 4.47. The highest BCUT2D eigenvalue weighted by molar-refractivity contribution is 7.99. The zero-order valence-electron chi connectivity index (χ0n) is 14.1. The molecule has 2 aromatic carbocycles. The highest BCUT2D eigenvalue weighted by Gasteiger charge is 2.21. The van der Waals surface area contributed by atoms with E-state index >= 15 is 0 Å². The van der Waals surface area contributed by atoms with Crippen LogP contribution >= 0.6 is 11.8 Å². The number of hydrogen-bond acceptors (Lipinski definition) is 4. The number of ether oxygens (including phenoxy) is 1. The maximum atomic E-state index is 10.5. The van der Waals surface area contributed by atoms with E-state index in [1.165, 1.54) is 10.5 Å². The standard InChI is InChI=1S/C20H25NO2S/c1-23-17-8-9-19-16(14-17)10-12-21(15-20(19)22)11-5-13-24-18-6-3-2-4-7-18/h2-4,6-9,14,20,22H,5,10-13,15H2,1H3. The molecule has 0 fully saturated rings. The number of hydrogen-bond donors (Lipinski definition) is 1. The Kier molecular flexibility index (Phi) is 6.18. The van der Waals surface area contributed by atoms with E-state index in [4.69, 9.17) is 4.74 Å². The first-order valence-electron chi connectivity index (χ1n) is 8.51. The van der Waals surface area contributed by atoms with Gasteiger partial charge in [-0.3, -0.25) is 0 Å². The van der Waals surface area contributed by atoms with Gasteiger partial charge in [0.05, 0.1) is 13.2 Å². The van der Waals surface area contributed by atoms with Crippen LogP contribution in [-0.2, 0) is 6.42 Å². The second-order valence-electron chi connectivity index (χ2n) is 6.15. The maximum absolute atomic E-state index is 10.5. The van der Waals surface area contributed by atoms with Crippen LogP contribution in [0.1, 0.15) is 23.7 Å². The van der Waals surface area contributed by atoms with Crippen molar-refractivity contribution in [3.63, 3.8) is 0 Å². The number of fused-ring (bicyclic) bond motifs is 1. The molecule has 1 N–H and O–H groups in total. The van der Waals surface area contributed by atoms with Gasteiger partial charge in [-0.2, -0.15) is 0 Å². The number of aliphatic hydroxyl groups is 1. The minimum Gasteiger partial charge on any atom is -0.497 e. The Morgan fingerprint density at radius 3 is 2.83 bits per heavy atom. The van der Waals surface area contributed by atoms with E-state index < -0.39 is 6.10 Å². The van der Waals surface area contributed by atoms with Crippen LogP contribution in [0.4, 0.5) is 0 Å². The fourth-order valence-electron chi connectivity index (χ4n) is 3.16. The van der Waals surface area contributed by atoms with Crippen molar-refractivity contribution >= 4 is 11.8 Å². The number of thioether (sulfide) groups is 1. The predicted molar refractivity (Wildman–Crippen MR) is 99.9 cm³/mol. The van der Waals surface area contributed by atoms with Crippen LogP contribution in [0.25, 0.3) is 0 Å². The third kappa shape index (κ3) is 4.53. The minimum atomic E-state index is -0.407. The number of aliphatic hydroxyl groups excluding tert-OH is 1. The normalized spacial score (nSPS) is 18.0. The molecule has 2 aromatic rings. The van der Waals surface area contributed by atoms with E-state index in [0.717, 1.165) is 49.5 Å². The van der Waals surface area contributed by atoms with Gasteiger partial charge in [-0.1, -0.05) is 24.3 Å². The second kappa shape index (κ2) is 8.56. The van der Waals surface area contributed by atoms with Crippen LogP contribution in [0.2, 0.25) is 0 Å². The molecular formula is C20H25NO2S. The first-order valence-corrected chi connectivity index (χ1v) is 9.50. The molecule has 0 saturated carbocycles. The van der Waals surface area contributed by atoms with Gasteiger partial charge in [0.1, 0.15) is 5.75 Å². The zero-order chi connectivity index (χ0) is 16.8. The average molecular weight is 343 g/mol. The van der Waals surface area contributed by atoms with Crippen LogP contribution in [0.3, 0.4) is 0 Å². The predicted octanol–water partition coefficient (Wildman–Crippen LogP) is 3.77. The van der Waals surface area contributed by atoms with Gasteiger partial charge in [0.15, 0.2) is 0 Å². The quantitative estimate of drug-likeness (QED) is 0.639. The minimum absolute atomic E-state index is 0.407. The average Bonchev–Trinajstić information content (AvgIpc) is 2.78. The summed E-state index contributed by atoms with van der Waals surface area (Å²) in [6.45, 7) is 2.74. The van der Waals surface area contributed by atoms with Gasteiger partial charge in [-0.15, -0.1) is 11.8 Å². The highest BCUT2D eigenvalue weighted by Crippen LogP contribution is 2.27. The van der Waals surface area contributed by atoms with Crippen LogP contribution in [-0.4, -0.2) is 42.5 Å². The topological polar surface area (TPSA) is 32.7 Å². The van der Waals surface area contributed by atoms with Crippen LogP contribution in [0.5, 0.6) is 5.75 Å². The summed E-state index contributed by atoms with van der Waals surface area (Å²) in [6, 6.07) is 16.5. The molecule has 1 aliphatic heterocycles. The van der Waals surface area contributed by atoms with Gasteiger partial charge in [0, 0.05) is 18.0 Å². The van der Waals surface area contributed by atoms with E-state index in [0.29, 0.717) is 0 Å². The summed E-state index contributed by atoms with van der Waals surface area (Å²) in [4.78, 5) is 3.70. The molecule has 3 rings (SSSR count). The molecule has 0 radical (unpaired) electrons. The fourth-order valence-corrected chi connectivity index (χ4v) is 4.02. The summed E-state index contributed by atoms with van der Waals surface area (Å²) in [5.74, 6) is 1.98. The van der Waals surface area contributed by atoms with Crippen molar-refractivity contribution in [2.45, 2.75) is 23.8 Å². The molecular weight excluding hydrogens is 318 g/mol. The molecule has 4 heteroatoms. The Morgan fingerprint density at radius 1 is 1.21 bits per heavy atom. The summed E-state index contributed by atoms with van der Waals surface area (Å²) < 4.78 is 5.31. The largest absolute Gasteiger partial charge is 0.497 e. The highest BCUT2D eigenvalue weighted by atomic mass is 32.2. The molecule has 0 aromatic heterocycles. The van der Waals surface area contributed by atoms with Gasteiger partial charge in [0.2, 0.25) is 0 Å². The Morgan fingerprint density at radius 2 is 2.04 bits per heavy atom. The summed E-state index contributed by atoms with van der Waals surface area (Å²) in [6.07, 6.45) is 1.69. The first kappa shape index (κ1) is 17.3. The van der Waals surface area contributed by atoms with Gasteiger partial charge in [-0.05, 0) is 60.5 Å². The van der Waals surface area contributed by atoms with E-state index in [-0.39, 0.29) is 0 Å². The number of rotatable bonds is 6. The van der Waals surface area contributed by atoms with Crippen molar-refractivity contribution < 1.29 is 9.84 Å². The molecule has 1 unspecified atom stereocenters. The van der Waals surface area contributed by atoms with Crippen molar-refractivity contribution in [2.24, 2.45) is 0 Å². The summed E-state index contributed by atoms with van der Waals surface area (Å²) in [7, 11) is 1.69. The van der Waals surface area contributed by atoms with Crippen molar-refractivity contribution in [3.8, 4) is 5.75 Å².